The average molecular weight is 475 g/mol. The standard InChI is InChI=1S/C22H20F3N5O2S/c23-22(24,25)33-18-3-1-17(2-4-18)29-21(32)15-7-19(16-8-26-13-27-9-16)20(28-10-15)30-6-5-14(11-30)12-31/h1-4,7-10,13-14,31H,5-6,11-12H2,(H,29,32)/t14-/m0/s1. The number of aliphatic hydroxyl groups excluding tert-OH is 1. The molecule has 0 spiro atoms. The van der Waals surface area contributed by atoms with E-state index in [1.807, 2.05) is 0 Å². The molecule has 1 atom stereocenters. The van der Waals surface area contributed by atoms with Gasteiger partial charge in [-0.15, -0.1) is 0 Å². The molecule has 4 rings (SSSR count). The van der Waals surface area contributed by atoms with Gasteiger partial charge in [0.05, 0.1) is 5.56 Å². The van der Waals surface area contributed by atoms with Crippen LogP contribution in [0, 0.1) is 5.92 Å². The van der Waals surface area contributed by atoms with Gasteiger partial charge in [0.25, 0.3) is 5.91 Å². The van der Waals surface area contributed by atoms with Crippen LogP contribution < -0.4 is 10.2 Å². The molecule has 1 aliphatic rings. The molecule has 33 heavy (non-hydrogen) atoms. The van der Waals surface area contributed by atoms with E-state index in [0.29, 0.717) is 29.2 Å². The van der Waals surface area contributed by atoms with E-state index in [9.17, 15) is 23.1 Å². The van der Waals surface area contributed by atoms with Crippen LogP contribution in [0.15, 0.2) is 60.1 Å². The van der Waals surface area contributed by atoms with E-state index in [2.05, 4.69) is 25.2 Å². The molecule has 1 amide bonds. The topological polar surface area (TPSA) is 91.2 Å². The lowest BCUT2D eigenvalue weighted by Gasteiger charge is -2.21. The molecule has 3 heterocycles. The minimum absolute atomic E-state index is 0.0321. The third kappa shape index (κ3) is 5.79. The van der Waals surface area contributed by atoms with E-state index < -0.39 is 11.4 Å². The van der Waals surface area contributed by atoms with Gasteiger partial charge in [0.2, 0.25) is 0 Å². The van der Waals surface area contributed by atoms with E-state index >= 15 is 0 Å². The Bertz CT molecular complexity index is 1110. The van der Waals surface area contributed by atoms with Gasteiger partial charge in [-0.2, -0.15) is 13.2 Å². The maximum atomic E-state index is 12.8. The van der Waals surface area contributed by atoms with Crippen LogP contribution in [0.4, 0.5) is 24.7 Å². The Morgan fingerprint density at radius 3 is 2.55 bits per heavy atom. The lowest BCUT2D eigenvalue weighted by atomic mass is 10.1. The number of hydrogen-bond donors (Lipinski definition) is 2. The molecule has 0 bridgehead atoms. The molecule has 172 valence electrons. The Balaban J connectivity index is 1.57. The van der Waals surface area contributed by atoms with Gasteiger partial charge in [-0.3, -0.25) is 4.79 Å². The molecule has 1 aromatic carbocycles. The van der Waals surface area contributed by atoms with Crippen LogP contribution >= 0.6 is 11.8 Å². The van der Waals surface area contributed by atoms with Crippen LogP contribution in [0.3, 0.4) is 0 Å². The number of aliphatic hydroxyl groups is 1. The maximum Gasteiger partial charge on any atom is 0.446 e. The smallest absolute Gasteiger partial charge is 0.396 e. The molecular weight excluding hydrogens is 455 g/mol. The van der Waals surface area contributed by atoms with Crippen molar-refractivity contribution < 1.29 is 23.1 Å². The van der Waals surface area contributed by atoms with Crippen LogP contribution in [0.5, 0.6) is 0 Å². The van der Waals surface area contributed by atoms with E-state index in [-0.39, 0.29) is 34.7 Å². The van der Waals surface area contributed by atoms with Crippen molar-refractivity contribution in [3.05, 3.63) is 60.8 Å². The van der Waals surface area contributed by atoms with Gasteiger partial charge >= 0.3 is 5.51 Å². The second-order valence-corrected chi connectivity index (χ2v) is 8.67. The zero-order valence-corrected chi connectivity index (χ0v) is 18.1. The summed E-state index contributed by atoms with van der Waals surface area (Å²) in [6.45, 7) is 1.48. The van der Waals surface area contributed by atoms with E-state index in [1.54, 1.807) is 18.5 Å². The monoisotopic (exact) mass is 475 g/mol. The normalized spacial score (nSPS) is 16.1. The van der Waals surface area contributed by atoms with Gasteiger partial charge in [0.1, 0.15) is 12.1 Å². The molecule has 11 heteroatoms. The first-order valence-corrected chi connectivity index (χ1v) is 10.9. The number of amides is 1. The van der Waals surface area contributed by atoms with Crippen molar-refractivity contribution >= 4 is 29.2 Å². The zero-order chi connectivity index (χ0) is 23.4. The van der Waals surface area contributed by atoms with Crippen LogP contribution in [-0.4, -0.2) is 51.2 Å². The molecule has 1 aliphatic heterocycles. The first-order chi connectivity index (χ1) is 15.8. The molecule has 2 N–H and O–H groups in total. The van der Waals surface area contributed by atoms with Crippen molar-refractivity contribution in [2.45, 2.75) is 16.8 Å². The SMILES string of the molecule is O=C(Nc1ccc(SC(F)(F)F)cc1)c1cnc(N2CC[C@H](CO)C2)c(-c2cncnc2)c1. The number of nitrogens with one attached hydrogen (secondary N) is 1. The van der Waals surface area contributed by atoms with Gasteiger partial charge in [0.15, 0.2) is 0 Å². The van der Waals surface area contributed by atoms with Crippen molar-refractivity contribution in [3.63, 3.8) is 0 Å². The Morgan fingerprint density at radius 1 is 1.18 bits per heavy atom. The largest absolute Gasteiger partial charge is 0.446 e. The summed E-state index contributed by atoms with van der Waals surface area (Å²) in [4.78, 5) is 27.6. The summed E-state index contributed by atoms with van der Waals surface area (Å²) in [7, 11) is 0. The minimum atomic E-state index is -4.37. The third-order valence-corrected chi connectivity index (χ3v) is 5.93. The number of thioether (sulfide) groups is 1. The highest BCUT2D eigenvalue weighted by Crippen LogP contribution is 2.37. The highest BCUT2D eigenvalue weighted by molar-refractivity contribution is 8.00. The van der Waals surface area contributed by atoms with E-state index in [1.165, 1.54) is 36.8 Å². The van der Waals surface area contributed by atoms with Crippen molar-refractivity contribution in [1.29, 1.82) is 0 Å². The fourth-order valence-corrected chi connectivity index (χ4v) is 4.14. The molecule has 1 saturated heterocycles. The highest BCUT2D eigenvalue weighted by atomic mass is 32.2. The predicted octanol–water partition coefficient (Wildman–Crippen LogP) is 4.22. The number of benzene rings is 1. The van der Waals surface area contributed by atoms with Crippen molar-refractivity contribution in [2.75, 3.05) is 29.9 Å². The van der Waals surface area contributed by atoms with Crippen LogP contribution in [0.25, 0.3) is 11.1 Å². The number of pyridine rings is 1. The number of carbonyl (C=O) groups excluding carboxylic acids is 1. The second kappa shape index (κ2) is 9.75. The van der Waals surface area contributed by atoms with Crippen LogP contribution in [0.1, 0.15) is 16.8 Å². The Kier molecular flexibility index (Phi) is 6.80. The summed E-state index contributed by atoms with van der Waals surface area (Å²) in [6, 6.07) is 7.12. The highest BCUT2D eigenvalue weighted by Gasteiger charge is 2.29. The van der Waals surface area contributed by atoms with Gasteiger partial charge in [-0.25, -0.2) is 15.0 Å². The predicted molar refractivity (Wildman–Crippen MR) is 119 cm³/mol. The Hall–Kier alpha value is -3.18. The molecule has 3 aromatic rings. The number of halogens is 3. The summed E-state index contributed by atoms with van der Waals surface area (Å²) in [5.41, 5.74) is -2.35. The molecule has 0 saturated carbocycles. The van der Waals surface area contributed by atoms with Gasteiger partial charge in [0, 0.05) is 65.9 Å². The fourth-order valence-electron chi connectivity index (χ4n) is 3.60. The Morgan fingerprint density at radius 2 is 1.91 bits per heavy atom. The summed E-state index contributed by atoms with van der Waals surface area (Å²) in [6.07, 6.45) is 6.97. The number of alkyl halides is 3. The second-order valence-electron chi connectivity index (χ2n) is 7.53. The number of nitrogens with zero attached hydrogens (tertiary/aromatic N) is 4. The summed E-state index contributed by atoms with van der Waals surface area (Å²) < 4.78 is 37.5. The van der Waals surface area contributed by atoms with Crippen molar-refractivity contribution in [2.24, 2.45) is 5.92 Å². The average Bonchev–Trinajstić information content (AvgIpc) is 3.29. The van der Waals surface area contributed by atoms with Gasteiger partial charge in [-0.1, -0.05) is 0 Å². The number of carbonyl (C=O) groups is 1. The third-order valence-electron chi connectivity index (χ3n) is 5.19. The first-order valence-electron chi connectivity index (χ1n) is 10.1. The molecule has 2 aromatic heterocycles. The van der Waals surface area contributed by atoms with E-state index in [4.69, 9.17) is 0 Å². The van der Waals surface area contributed by atoms with E-state index in [0.717, 1.165) is 13.0 Å². The minimum Gasteiger partial charge on any atom is -0.396 e. The number of anilines is 2. The molecule has 1 fully saturated rings. The fraction of sp³-hybridized carbons (Fsp3) is 0.273. The molecule has 0 radical (unpaired) electrons. The summed E-state index contributed by atoms with van der Waals surface area (Å²) >= 11 is -0.215. The summed E-state index contributed by atoms with van der Waals surface area (Å²) in [5.74, 6) is 0.386. The maximum absolute atomic E-state index is 12.8. The van der Waals surface area contributed by atoms with Crippen molar-refractivity contribution in [1.82, 2.24) is 15.0 Å². The molecule has 7 nitrogen and oxygen atoms in total. The molecule has 0 unspecified atom stereocenters. The van der Waals surface area contributed by atoms with Crippen LogP contribution in [-0.2, 0) is 0 Å². The Labute approximate surface area is 192 Å². The first kappa shape index (κ1) is 23.0. The summed E-state index contributed by atoms with van der Waals surface area (Å²) in [5, 5.41) is 12.2. The van der Waals surface area contributed by atoms with Gasteiger partial charge in [-0.05, 0) is 48.5 Å². The number of hydrogen-bond acceptors (Lipinski definition) is 7. The van der Waals surface area contributed by atoms with Crippen LogP contribution in [0.2, 0.25) is 0 Å². The number of aromatic nitrogens is 3. The zero-order valence-electron chi connectivity index (χ0n) is 17.3. The van der Waals surface area contributed by atoms with Gasteiger partial charge < -0.3 is 15.3 Å². The lowest BCUT2D eigenvalue weighted by Crippen LogP contribution is -2.23. The molecular formula is C22H20F3N5O2S. The number of rotatable bonds is 6. The lowest BCUT2D eigenvalue weighted by molar-refractivity contribution is -0.0328. The quantitative estimate of drug-likeness (QED) is 0.516. The molecule has 0 aliphatic carbocycles. The van der Waals surface area contributed by atoms with Crippen molar-refractivity contribution in [3.8, 4) is 11.1 Å².